The maximum absolute atomic E-state index is 11.7. The van der Waals surface area contributed by atoms with E-state index in [1.54, 1.807) is 26.0 Å². The fraction of sp³-hybridized carbons (Fsp3) is 0.533. The van der Waals surface area contributed by atoms with Crippen molar-refractivity contribution in [2.45, 2.75) is 45.8 Å². The first kappa shape index (κ1) is 18.1. The van der Waals surface area contributed by atoms with E-state index in [2.05, 4.69) is 0 Å². The van der Waals surface area contributed by atoms with Gasteiger partial charge in [0.25, 0.3) is 0 Å². The third-order valence-corrected chi connectivity index (χ3v) is 3.50. The molecule has 6 heteroatoms. The van der Waals surface area contributed by atoms with Crippen LogP contribution in [0.3, 0.4) is 0 Å². The Morgan fingerprint density at radius 1 is 1.33 bits per heavy atom. The van der Waals surface area contributed by atoms with Crippen LogP contribution < -0.4 is 10.5 Å². The molecule has 0 bridgehead atoms. The van der Waals surface area contributed by atoms with Gasteiger partial charge in [0.05, 0.1) is 11.6 Å². The van der Waals surface area contributed by atoms with Crippen molar-refractivity contribution in [1.29, 1.82) is 0 Å². The molecule has 118 valence electrons. The Labute approximate surface area is 135 Å². The molecule has 0 saturated heterocycles. The van der Waals surface area contributed by atoms with Gasteiger partial charge in [-0.25, -0.2) is 4.79 Å². The van der Waals surface area contributed by atoms with Gasteiger partial charge in [-0.2, -0.15) is 0 Å². The number of rotatable bonds is 7. The van der Waals surface area contributed by atoms with Gasteiger partial charge in [-0.15, -0.1) is 0 Å². The van der Waals surface area contributed by atoms with Crippen molar-refractivity contribution in [3.05, 3.63) is 27.7 Å². The van der Waals surface area contributed by atoms with Gasteiger partial charge in [-0.3, -0.25) is 0 Å². The van der Waals surface area contributed by atoms with Crippen molar-refractivity contribution in [2.24, 2.45) is 5.73 Å². The van der Waals surface area contributed by atoms with Gasteiger partial charge in [0.2, 0.25) is 0 Å². The van der Waals surface area contributed by atoms with Gasteiger partial charge in [-0.05, 0) is 44.4 Å². The van der Waals surface area contributed by atoms with Crippen LogP contribution in [-0.2, 0) is 16.0 Å². The van der Waals surface area contributed by atoms with Crippen LogP contribution in [0.5, 0.6) is 5.75 Å². The van der Waals surface area contributed by atoms with E-state index in [1.807, 2.05) is 6.92 Å². The van der Waals surface area contributed by atoms with Crippen LogP contribution in [0.2, 0.25) is 10.0 Å². The summed E-state index contributed by atoms with van der Waals surface area (Å²) in [6.45, 7) is 5.66. The number of benzene rings is 1. The third kappa shape index (κ3) is 5.38. The summed E-state index contributed by atoms with van der Waals surface area (Å²) in [6.07, 6.45) is 0.638. The van der Waals surface area contributed by atoms with Crippen LogP contribution in [0.15, 0.2) is 12.1 Å². The topological polar surface area (TPSA) is 61.5 Å². The molecule has 0 aliphatic heterocycles. The SMILES string of the molecule is CCOC(=O)C(C)Oc1c(Cl)cc(Cl)cc1CC(N)CC. The molecule has 0 aromatic heterocycles. The van der Waals surface area contributed by atoms with E-state index in [-0.39, 0.29) is 6.04 Å². The highest BCUT2D eigenvalue weighted by molar-refractivity contribution is 6.35. The van der Waals surface area contributed by atoms with Gasteiger partial charge in [0.1, 0.15) is 5.75 Å². The minimum absolute atomic E-state index is 0.0280. The van der Waals surface area contributed by atoms with Gasteiger partial charge in [-0.1, -0.05) is 30.1 Å². The summed E-state index contributed by atoms with van der Waals surface area (Å²) >= 11 is 12.2. The number of esters is 1. The fourth-order valence-corrected chi connectivity index (χ4v) is 2.39. The van der Waals surface area contributed by atoms with Gasteiger partial charge < -0.3 is 15.2 Å². The molecule has 0 amide bonds. The first-order valence-corrected chi connectivity index (χ1v) is 7.71. The summed E-state index contributed by atoms with van der Waals surface area (Å²) in [4.78, 5) is 11.7. The van der Waals surface area contributed by atoms with Crippen molar-refractivity contribution in [3.8, 4) is 5.75 Å². The molecular weight excluding hydrogens is 313 g/mol. The molecule has 0 saturated carbocycles. The predicted octanol–water partition coefficient (Wildman–Crippen LogP) is 3.60. The highest BCUT2D eigenvalue weighted by Gasteiger charge is 2.20. The standard InChI is InChI=1S/C15H21Cl2NO3/c1-4-12(18)7-10-6-11(16)8-13(17)14(10)21-9(3)15(19)20-5-2/h6,8-9,12H,4-5,7,18H2,1-3H3. The Morgan fingerprint density at radius 3 is 2.57 bits per heavy atom. The second-order valence-electron chi connectivity index (χ2n) is 4.76. The van der Waals surface area contributed by atoms with Crippen molar-refractivity contribution >= 4 is 29.2 Å². The molecule has 1 aromatic carbocycles. The molecule has 0 heterocycles. The summed E-state index contributed by atoms with van der Waals surface area (Å²) in [5.41, 5.74) is 6.77. The summed E-state index contributed by atoms with van der Waals surface area (Å²) < 4.78 is 10.6. The molecule has 2 N–H and O–H groups in total. The molecule has 21 heavy (non-hydrogen) atoms. The first-order chi connectivity index (χ1) is 9.88. The Balaban J connectivity index is 3.01. The Kier molecular flexibility index (Phi) is 7.29. The number of ether oxygens (including phenoxy) is 2. The van der Waals surface area contributed by atoms with Crippen molar-refractivity contribution in [1.82, 2.24) is 0 Å². The van der Waals surface area contributed by atoms with Crippen molar-refractivity contribution < 1.29 is 14.3 Å². The largest absolute Gasteiger partial charge is 0.477 e. The average Bonchev–Trinajstić information content (AvgIpc) is 2.42. The summed E-state index contributed by atoms with van der Waals surface area (Å²) in [5.74, 6) is -0.000207. The molecule has 1 aromatic rings. The second kappa shape index (κ2) is 8.47. The highest BCUT2D eigenvalue weighted by atomic mass is 35.5. The lowest BCUT2D eigenvalue weighted by Gasteiger charge is -2.19. The normalized spacial score (nSPS) is 13.6. The third-order valence-electron chi connectivity index (χ3n) is 3.00. The quantitative estimate of drug-likeness (QED) is 0.774. The maximum Gasteiger partial charge on any atom is 0.347 e. The Bertz CT molecular complexity index is 494. The molecular formula is C15H21Cl2NO3. The number of hydrogen-bond donors (Lipinski definition) is 1. The first-order valence-electron chi connectivity index (χ1n) is 6.95. The summed E-state index contributed by atoms with van der Waals surface area (Å²) in [7, 11) is 0. The number of hydrogen-bond acceptors (Lipinski definition) is 4. The smallest absolute Gasteiger partial charge is 0.347 e. The number of carbonyl (C=O) groups is 1. The Hall–Kier alpha value is -0.970. The molecule has 2 atom stereocenters. The molecule has 1 rings (SSSR count). The molecule has 0 aliphatic carbocycles. The van der Waals surface area contributed by atoms with Gasteiger partial charge >= 0.3 is 5.97 Å². The molecule has 0 fully saturated rings. The van der Waals surface area contributed by atoms with Gasteiger partial charge in [0.15, 0.2) is 6.10 Å². The van der Waals surface area contributed by atoms with Crippen LogP contribution in [0.1, 0.15) is 32.8 Å². The zero-order chi connectivity index (χ0) is 16.0. The maximum atomic E-state index is 11.7. The lowest BCUT2D eigenvalue weighted by molar-refractivity contribution is -0.150. The van der Waals surface area contributed by atoms with Crippen molar-refractivity contribution in [3.63, 3.8) is 0 Å². The fourth-order valence-electron chi connectivity index (χ4n) is 1.81. The molecule has 4 nitrogen and oxygen atoms in total. The minimum atomic E-state index is -0.750. The van der Waals surface area contributed by atoms with Gasteiger partial charge in [0, 0.05) is 11.1 Å². The van der Waals surface area contributed by atoms with E-state index < -0.39 is 12.1 Å². The monoisotopic (exact) mass is 333 g/mol. The van der Waals surface area contributed by atoms with E-state index in [0.717, 1.165) is 12.0 Å². The molecule has 0 spiro atoms. The van der Waals surface area contributed by atoms with Crippen LogP contribution in [-0.4, -0.2) is 24.7 Å². The lowest BCUT2D eigenvalue weighted by Crippen LogP contribution is -2.27. The van der Waals surface area contributed by atoms with Crippen LogP contribution >= 0.6 is 23.2 Å². The van der Waals surface area contributed by atoms with E-state index >= 15 is 0 Å². The van der Waals surface area contributed by atoms with Crippen LogP contribution in [0.4, 0.5) is 0 Å². The molecule has 0 radical (unpaired) electrons. The van der Waals surface area contributed by atoms with Crippen LogP contribution in [0.25, 0.3) is 0 Å². The number of nitrogens with two attached hydrogens (primary N) is 1. The minimum Gasteiger partial charge on any atom is -0.477 e. The molecule has 2 unspecified atom stereocenters. The highest BCUT2D eigenvalue weighted by Crippen LogP contribution is 2.34. The number of carbonyl (C=O) groups excluding carboxylic acids is 1. The van der Waals surface area contributed by atoms with Crippen molar-refractivity contribution in [2.75, 3.05) is 6.61 Å². The van der Waals surface area contributed by atoms with E-state index in [9.17, 15) is 4.79 Å². The lowest BCUT2D eigenvalue weighted by atomic mass is 10.0. The zero-order valence-corrected chi connectivity index (χ0v) is 14.0. The average molecular weight is 334 g/mol. The molecule has 0 aliphatic rings. The Morgan fingerprint density at radius 2 is 2.00 bits per heavy atom. The van der Waals surface area contributed by atoms with E-state index in [1.165, 1.54) is 0 Å². The predicted molar refractivity (Wildman–Crippen MR) is 85.2 cm³/mol. The summed E-state index contributed by atoms with van der Waals surface area (Å²) in [6, 6.07) is 3.31. The number of halogens is 2. The summed E-state index contributed by atoms with van der Waals surface area (Å²) in [5, 5.41) is 0.867. The van der Waals surface area contributed by atoms with E-state index in [0.29, 0.717) is 28.8 Å². The van der Waals surface area contributed by atoms with Crippen LogP contribution in [0, 0.1) is 0 Å². The second-order valence-corrected chi connectivity index (χ2v) is 5.60. The zero-order valence-electron chi connectivity index (χ0n) is 12.5. The van der Waals surface area contributed by atoms with E-state index in [4.69, 9.17) is 38.4 Å².